The van der Waals surface area contributed by atoms with Gasteiger partial charge in [0.05, 0.1) is 6.54 Å². The average molecular weight is 304 g/mol. The molecule has 0 radical (unpaired) electrons. The van der Waals surface area contributed by atoms with Crippen LogP contribution in [0.4, 0.5) is 0 Å². The maximum atomic E-state index is 11.8. The summed E-state index contributed by atoms with van der Waals surface area (Å²) in [4.78, 5) is 15.0. The summed E-state index contributed by atoms with van der Waals surface area (Å²) in [5.41, 5.74) is 1.82. The van der Waals surface area contributed by atoms with Gasteiger partial charge in [-0.15, -0.1) is 0 Å². The van der Waals surface area contributed by atoms with E-state index in [0.717, 1.165) is 30.6 Å². The molecule has 1 aliphatic heterocycles. The molecule has 1 aromatic heterocycles. The van der Waals surface area contributed by atoms with Gasteiger partial charge in [-0.2, -0.15) is 0 Å². The van der Waals surface area contributed by atoms with E-state index in [2.05, 4.69) is 6.92 Å². The molecule has 22 heavy (non-hydrogen) atoms. The van der Waals surface area contributed by atoms with E-state index in [9.17, 15) is 9.90 Å². The van der Waals surface area contributed by atoms with Gasteiger partial charge in [0.25, 0.3) is 0 Å². The van der Waals surface area contributed by atoms with Crippen LogP contribution in [0.2, 0.25) is 0 Å². The number of rotatable bonds is 3. The lowest BCUT2D eigenvalue weighted by Gasteiger charge is -2.29. The summed E-state index contributed by atoms with van der Waals surface area (Å²) in [5, 5.41) is 10.7. The number of fused-ring (bicyclic) bond motifs is 1. The van der Waals surface area contributed by atoms with Crippen LogP contribution < -0.4 is 15.4 Å². The van der Waals surface area contributed by atoms with Crippen LogP contribution >= 0.6 is 0 Å². The predicted octanol–water partition coefficient (Wildman–Crippen LogP) is -0.890. The molecule has 1 aliphatic rings. The van der Waals surface area contributed by atoms with Crippen molar-refractivity contribution in [2.45, 2.75) is 20.4 Å². The van der Waals surface area contributed by atoms with Crippen LogP contribution in [0.5, 0.6) is 5.75 Å². The summed E-state index contributed by atoms with van der Waals surface area (Å²) in [6.45, 7) is 10.7. The second-order valence-electron chi connectivity index (χ2n) is 6.21. The first kappa shape index (κ1) is 15.1. The smallest absolute Gasteiger partial charge is 0.336 e. The Morgan fingerprint density at radius 3 is 2.55 bits per heavy atom. The summed E-state index contributed by atoms with van der Waals surface area (Å²) >= 11 is 0. The Morgan fingerprint density at radius 1 is 1.18 bits per heavy atom. The number of phenols is 1. The lowest BCUT2D eigenvalue weighted by molar-refractivity contribution is -1.02. The third-order valence-electron chi connectivity index (χ3n) is 4.82. The zero-order valence-corrected chi connectivity index (χ0v) is 13.2. The lowest BCUT2D eigenvalue weighted by atomic mass is 10.1. The fourth-order valence-corrected chi connectivity index (χ4v) is 3.32. The minimum Gasteiger partial charge on any atom is -0.508 e. The van der Waals surface area contributed by atoms with Gasteiger partial charge in [-0.3, -0.25) is 0 Å². The van der Waals surface area contributed by atoms with E-state index in [0.29, 0.717) is 11.1 Å². The second-order valence-corrected chi connectivity index (χ2v) is 6.21. The highest BCUT2D eigenvalue weighted by molar-refractivity contribution is 5.84. The van der Waals surface area contributed by atoms with Crippen molar-refractivity contribution in [2.75, 3.05) is 32.7 Å². The first-order valence-electron chi connectivity index (χ1n) is 8.01. The molecule has 3 N–H and O–H groups in total. The molecule has 1 aromatic carbocycles. The third kappa shape index (κ3) is 2.87. The Hall–Kier alpha value is -1.85. The van der Waals surface area contributed by atoms with E-state index < -0.39 is 0 Å². The first-order chi connectivity index (χ1) is 10.6. The highest BCUT2D eigenvalue weighted by Crippen LogP contribution is 2.26. The molecule has 0 unspecified atom stereocenters. The van der Waals surface area contributed by atoms with Gasteiger partial charge in [0.2, 0.25) is 0 Å². The van der Waals surface area contributed by atoms with Crippen molar-refractivity contribution in [3.8, 4) is 5.75 Å². The fourth-order valence-electron chi connectivity index (χ4n) is 3.32. The Balaban J connectivity index is 1.91. The maximum absolute atomic E-state index is 11.8. The number of piperazine rings is 1. The zero-order valence-electron chi connectivity index (χ0n) is 13.2. The van der Waals surface area contributed by atoms with E-state index in [4.69, 9.17) is 4.42 Å². The zero-order chi connectivity index (χ0) is 15.7. The van der Waals surface area contributed by atoms with Gasteiger partial charge in [0, 0.05) is 22.6 Å². The molecule has 0 amide bonds. The van der Waals surface area contributed by atoms with Crippen molar-refractivity contribution in [3.63, 3.8) is 0 Å². The van der Waals surface area contributed by atoms with Crippen LogP contribution in [0.3, 0.4) is 0 Å². The minimum absolute atomic E-state index is 0.167. The molecule has 3 rings (SSSR count). The van der Waals surface area contributed by atoms with E-state index in [1.807, 2.05) is 6.07 Å². The van der Waals surface area contributed by atoms with E-state index >= 15 is 0 Å². The first-order valence-corrected chi connectivity index (χ1v) is 8.01. The minimum atomic E-state index is -0.339. The average Bonchev–Trinajstić information content (AvgIpc) is 2.52. The number of benzene rings is 1. The molecule has 118 valence electrons. The Kier molecular flexibility index (Phi) is 4.18. The molecule has 5 nitrogen and oxygen atoms in total. The van der Waals surface area contributed by atoms with Gasteiger partial charge in [0.15, 0.2) is 0 Å². The number of hydrogen-bond donors (Lipinski definition) is 3. The molecular formula is C17H24N2O3+2. The summed E-state index contributed by atoms with van der Waals surface area (Å²) in [6, 6.07) is 5.13. The summed E-state index contributed by atoms with van der Waals surface area (Å²) in [6.07, 6.45) is 0. The molecule has 2 aromatic rings. The van der Waals surface area contributed by atoms with Gasteiger partial charge in [-0.05, 0) is 26.0 Å². The predicted molar refractivity (Wildman–Crippen MR) is 84.5 cm³/mol. The number of likely N-dealkylation sites (N-methyl/N-ethyl adjacent to an activating group) is 1. The van der Waals surface area contributed by atoms with Crippen LogP contribution in [0, 0.1) is 6.92 Å². The highest BCUT2D eigenvalue weighted by atomic mass is 16.4. The molecular weight excluding hydrogens is 280 g/mol. The van der Waals surface area contributed by atoms with Crippen LogP contribution in [-0.2, 0) is 6.54 Å². The normalized spacial score (nSPS) is 22.1. The molecule has 0 atom stereocenters. The number of nitrogens with one attached hydrogen (secondary N) is 2. The third-order valence-corrected chi connectivity index (χ3v) is 4.82. The Labute approximate surface area is 129 Å². The van der Waals surface area contributed by atoms with E-state index in [1.165, 1.54) is 24.5 Å². The van der Waals surface area contributed by atoms with Crippen LogP contribution in [-0.4, -0.2) is 37.8 Å². The number of aryl methyl sites for hydroxylation is 1. The van der Waals surface area contributed by atoms with Crippen LogP contribution in [0.25, 0.3) is 11.0 Å². The van der Waals surface area contributed by atoms with Gasteiger partial charge in [0.1, 0.15) is 44.1 Å². The maximum Gasteiger partial charge on any atom is 0.336 e. The fraction of sp³-hybridized carbons (Fsp3) is 0.471. The SMILES string of the molecule is CC[NH+]1CC[NH+](Cc2cc(=O)oc3c(C)c(O)ccc23)CC1. The number of aromatic hydroxyl groups is 1. The van der Waals surface area contributed by atoms with Crippen molar-refractivity contribution in [3.05, 3.63) is 39.7 Å². The molecule has 5 heteroatoms. The molecule has 0 aliphatic carbocycles. The summed E-state index contributed by atoms with van der Waals surface area (Å²) < 4.78 is 5.31. The molecule has 0 saturated carbocycles. The molecule has 2 heterocycles. The number of phenolic OH excluding ortho intramolecular Hbond substituents is 1. The van der Waals surface area contributed by atoms with Gasteiger partial charge >= 0.3 is 5.63 Å². The summed E-state index contributed by atoms with van der Waals surface area (Å²) in [5.74, 6) is 0.167. The van der Waals surface area contributed by atoms with E-state index in [1.54, 1.807) is 24.0 Å². The number of quaternary nitrogens is 2. The molecule has 1 saturated heterocycles. The van der Waals surface area contributed by atoms with E-state index in [-0.39, 0.29) is 11.4 Å². The van der Waals surface area contributed by atoms with Crippen molar-refractivity contribution in [2.24, 2.45) is 0 Å². The van der Waals surface area contributed by atoms with Crippen molar-refractivity contribution >= 4 is 11.0 Å². The van der Waals surface area contributed by atoms with Crippen LogP contribution in [0.15, 0.2) is 27.4 Å². The van der Waals surface area contributed by atoms with Crippen LogP contribution in [0.1, 0.15) is 18.1 Å². The van der Waals surface area contributed by atoms with Crippen molar-refractivity contribution < 1.29 is 19.3 Å². The summed E-state index contributed by atoms with van der Waals surface area (Å²) in [7, 11) is 0. The molecule has 0 spiro atoms. The Morgan fingerprint density at radius 2 is 1.86 bits per heavy atom. The topological polar surface area (TPSA) is 59.3 Å². The lowest BCUT2D eigenvalue weighted by Crippen LogP contribution is -3.27. The molecule has 1 fully saturated rings. The quantitative estimate of drug-likeness (QED) is 0.645. The monoisotopic (exact) mass is 304 g/mol. The van der Waals surface area contributed by atoms with Gasteiger partial charge < -0.3 is 19.3 Å². The highest BCUT2D eigenvalue weighted by Gasteiger charge is 2.23. The second kappa shape index (κ2) is 6.10. The van der Waals surface area contributed by atoms with Gasteiger partial charge in [-0.1, -0.05) is 0 Å². The van der Waals surface area contributed by atoms with Gasteiger partial charge in [-0.25, -0.2) is 4.79 Å². The molecule has 0 bridgehead atoms. The van der Waals surface area contributed by atoms with Crippen molar-refractivity contribution in [1.29, 1.82) is 0 Å². The largest absolute Gasteiger partial charge is 0.508 e. The van der Waals surface area contributed by atoms with Crippen molar-refractivity contribution in [1.82, 2.24) is 0 Å². The standard InChI is InChI=1S/C17H22N2O3/c1-3-18-6-8-19(9-7-18)11-13-10-16(21)22-17-12(2)15(20)5-4-14(13)17/h4-5,10,20H,3,6-9,11H2,1-2H3/p+2. The number of hydrogen-bond acceptors (Lipinski definition) is 3. The Bertz CT molecular complexity index is 730.